The Morgan fingerprint density at radius 2 is 2.06 bits per heavy atom. The van der Waals surface area contributed by atoms with E-state index in [0.29, 0.717) is 10.8 Å². The average Bonchev–Trinajstić information content (AvgIpc) is 2.63. The molecule has 0 radical (unpaired) electrons. The van der Waals surface area contributed by atoms with Crippen molar-refractivity contribution >= 4 is 22.2 Å². The summed E-state index contributed by atoms with van der Waals surface area (Å²) in [4.78, 5) is 4.76. The van der Waals surface area contributed by atoms with Crippen molar-refractivity contribution in [2.24, 2.45) is 0 Å². The minimum atomic E-state index is -0.340. The fraction of sp³-hybridized carbons (Fsp3) is 0.250. The van der Waals surface area contributed by atoms with Crippen molar-refractivity contribution in [1.82, 2.24) is 4.98 Å². The first kappa shape index (κ1) is 11.9. The molecule has 0 aliphatic heterocycles. The number of nitrogens with one attached hydrogen (secondary N) is 1. The van der Waals surface area contributed by atoms with E-state index in [4.69, 9.17) is 0 Å². The third-order valence-electron chi connectivity index (χ3n) is 2.27. The Labute approximate surface area is 103 Å². The molecule has 2 aromatic rings. The topological polar surface area (TPSA) is 45.2 Å². The molecular formula is C12H13FN2OS. The van der Waals surface area contributed by atoms with Gasteiger partial charge in [0.2, 0.25) is 5.88 Å². The van der Waals surface area contributed by atoms with E-state index in [-0.39, 0.29) is 17.6 Å². The van der Waals surface area contributed by atoms with E-state index in [0.717, 1.165) is 4.88 Å². The molecule has 0 spiro atoms. The lowest BCUT2D eigenvalue weighted by Gasteiger charge is -2.02. The van der Waals surface area contributed by atoms with Crippen molar-refractivity contribution in [3.63, 3.8) is 0 Å². The molecule has 0 saturated heterocycles. The molecule has 1 heterocycles. The van der Waals surface area contributed by atoms with Crippen LogP contribution in [0.5, 0.6) is 5.88 Å². The second-order valence-electron chi connectivity index (χ2n) is 3.97. The van der Waals surface area contributed by atoms with Gasteiger partial charge in [0, 0.05) is 0 Å². The monoisotopic (exact) mass is 252 g/mol. The highest BCUT2D eigenvalue weighted by atomic mass is 32.1. The first-order valence-electron chi connectivity index (χ1n) is 5.29. The van der Waals surface area contributed by atoms with Gasteiger partial charge in [-0.05, 0) is 18.1 Å². The molecule has 0 aliphatic carbocycles. The van der Waals surface area contributed by atoms with Gasteiger partial charge >= 0.3 is 0 Å². The number of thiazole rings is 1. The van der Waals surface area contributed by atoms with Crippen LogP contribution in [0, 0.1) is 5.82 Å². The summed E-state index contributed by atoms with van der Waals surface area (Å²) in [6, 6.07) is 6.36. The Morgan fingerprint density at radius 1 is 1.35 bits per heavy atom. The SMILES string of the molecule is CC(C)c1sc(Nc2ccccc2F)nc1O. The number of rotatable bonds is 3. The fourth-order valence-electron chi connectivity index (χ4n) is 1.43. The number of nitrogens with zero attached hydrogens (tertiary/aromatic N) is 1. The molecule has 2 rings (SSSR count). The van der Waals surface area contributed by atoms with Crippen molar-refractivity contribution in [3.8, 4) is 5.88 Å². The number of hydrogen-bond donors (Lipinski definition) is 2. The Morgan fingerprint density at radius 3 is 2.65 bits per heavy atom. The largest absolute Gasteiger partial charge is 0.492 e. The molecule has 0 bridgehead atoms. The quantitative estimate of drug-likeness (QED) is 0.872. The Bertz CT molecular complexity index is 525. The molecule has 90 valence electrons. The molecule has 0 aliphatic rings. The maximum atomic E-state index is 13.4. The molecular weight excluding hydrogens is 239 g/mol. The highest BCUT2D eigenvalue weighted by Gasteiger charge is 2.14. The number of halogens is 1. The fourth-order valence-corrected chi connectivity index (χ4v) is 2.31. The van der Waals surface area contributed by atoms with Gasteiger partial charge in [-0.15, -0.1) is 0 Å². The molecule has 17 heavy (non-hydrogen) atoms. The van der Waals surface area contributed by atoms with E-state index in [2.05, 4.69) is 10.3 Å². The van der Waals surface area contributed by atoms with Crippen LogP contribution < -0.4 is 5.32 Å². The first-order valence-corrected chi connectivity index (χ1v) is 6.11. The molecule has 0 fully saturated rings. The Hall–Kier alpha value is -1.62. The predicted octanol–water partition coefficient (Wildman–Crippen LogP) is 3.85. The molecule has 0 amide bonds. The van der Waals surface area contributed by atoms with Gasteiger partial charge in [-0.3, -0.25) is 0 Å². The van der Waals surface area contributed by atoms with Crippen molar-refractivity contribution in [2.75, 3.05) is 5.32 Å². The van der Waals surface area contributed by atoms with E-state index in [1.165, 1.54) is 17.4 Å². The Kier molecular flexibility index (Phi) is 3.28. The van der Waals surface area contributed by atoms with E-state index < -0.39 is 0 Å². The van der Waals surface area contributed by atoms with Gasteiger partial charge in [-0.2, -0.15) is 4.98 Å². The number of para-hydroxylation sites is 1. The summed E-state index contributed by atoms with van der Waals surface area (Å²) in [6.45, 7) is 3.94. The van der Waals surface area contributed by atoms with E-state index in [1.807, 2.05) is 13.8 Å². The number of aromatic nitrogens is 1. The summed E-state index contributed by atoms with van der Waals surface area (Å²) in [7, 11) is 0. The molecule has 0 saturated carbocycles. The molecule has 1 aromatic carbocycles. The van der Waals surface area contributed by atoms with Crippen LogP contribution in [-0.4, -0.2) is 10.1 Å². The molecule has 0 unspecified atom stereocenters. The van der Waals surface area contributed by atoms with Crippen LogP contribution in [-0.2, 0) is 0 Å². The van der Waals surface area contributed by atoms with Crippen molar-refractivity contribution in [1.29, 1.82) is 0 Å². The van der Waals surface area contributed by atoms with Crippen molar-refractivity contribution < 1.29 is 9.50 Å². The zero-order valence-corrected chi connectivity index (χ0v) is 10.4. The van der Waals surface area contributed by atoms with Crippen LogP contribution in [0.15, 0.2) is 24.3 Å². The maximum Gasteiger partial charge on any atom is 0.227 e. The highest BCUT2D eigenvalue weighted by Crippen LogP contribution is 2.35. The van der Waals surface area contributed by atoms with Gasteiger partial charge in [0.1, 0.15) is 5.82 Å². The highest BCUT2D eigenvalue weighted by molar-refractivity contribution is 7.16. The maximum absolute atomic E-state index is 13.4. The van der Waals surface area contributed by atoms with Gasteiger partial charge in [-0.1, -0.05) is 37.3 Å². The van der Waals surface area contributed by atoms with Crippen LogP contribution in [0.25, 0.3) is 0 Å². The average molecular weight is 252 g/mol. The van der Waals surface area contributed by atoms with Gasteiger partial charge in [0.05, 0.1) is 10.6 Å². The van der Waals surface area contributed by atoms with Gasteiger partial charge in [0.25, 0.3) is 0 Å². The normalized spacial score (nSPS) is 10.8. The number of anilines is 2. The lowest BCUT2D eigenvalue weighted by atomic mass is 10.2. The number of hydrogen-bond acceptors (Lipinski definition) is 4. The summed E-state index contributed by atoms with van der Waals surface area (Å²) in [5, 5.41) is 13.0. The van der Waals surface area contributed by atoms with Crippen LogP contribution >= 0.6 is 11.3 Å². The van der Waals surface area contributed by atoms with Crippen LogP contribution in [0.1, 0.15) is 24.6 Å². The zero-order chi connectivity index (χ0) is 12.4. The molecule has 3 nitrogen and oxygen atoms in total. The van der Waals surface area contributed by atoms with Crippen LogP contribution in [0.4, 0.5) is 15.2 Å². The van der Waals surface area contributed by atoms with Crippen LogP contribution in [0.3, 0.4) is 0 Å². The number of aromatic hydroxyl groups is 1. The minimum Gasteiger partial charge on any atom is -0.492 e. The predicted molar refractivity (Wildman–Crippen MR) is 67.6 cm³/mol. The van der Waals surface area contributed by atoms with Gasteiger partial charge in [0.15, 0.2) is 5.13 Å². The molecule has 0 atom stereocenters. The summed E-state index contributed by atoms with van der Waals surface area (Å²) >= 11 is 1.33. The summed E-state index contributed by atoms with van der Waals surface area (Å²) in [5.41, 5.74) is 0.358. The van der Waals surface area contributed by atoms with Gasteiger partial charge < -0.3 is 10.4 Å². The Balaban J connectivity index is 2.25. The number of benzene rings is 1. The van der Waals surface area contributed by atoms with E-state index in [1.54, 1.807) is 18.2 Å². The first-order chi connectivity index (χ1) is 8.08. The van der Waals surface area contributed by atoms with E-state index in [9.17, 15) is 9.50 Å². The smallest absolute Gasteiger partial charge is 0.227 e. The summed E-state index contributed by atoms with van der Waals surface area (Å²) < 4.78 is 13.4. The summed E-state index contributed by atoms with van der Waals surface area (Å²) in [6.07, 6.45) is 0. The second-order valence-corrected chi connectivity index (χ2v) is 5.00. The minimum absolute atomic E-state index is 0.0174. The molecule has 2 N–H and O–H groups in total. The third kappa shape index (κ3) is 2.55. The lowest BCUT2D eigenvalue weighted by Crippen LogP contribution is -1.91. The molecule has 1 aromatic heterocycles. The second kappa shape index (κ2) is 4.71. The van der Waals surface area contributed by atoms with Crippen molar-refractivity contribution in [2.45, 2.75) is 19.8 Å². The molecule has 5 heteroatoms. The van der Waals surface area contributed by atoms with E-state index >= 15 is 0 Å². The standard InChI is InChI=1S/C12H13FN2OS/c1-7(2)10-11(16)15-12(17-10)14-9-6-4-3-5-8(9)13/h3-7,16H,1-2H3,(H,14,15). The third-order valence-corrected chi connectivity index (χ3v) is 3.53. The van der Waals surface area contributed by atoms with Gasteiger partial charge in [-0.25, -0.2) is 4.39 Å². The zero-order valence-electron chi connectivity index (χ0n) is 9.57. The van der Waals surface area contributed by atoms with Crippen LogP contribution in [0.2, 0.25) is 0 Å². The lowest BCUT2D eigenvalue weighted by molar-refractivity contribution is 0.449. The summed E-state index contributed by atoms with van der Waals surface area (Å²) in [5.74, 6) is -0.124. The van der Waals surface area contributed by atoms with Crippen molar-refractivity contribution in [3.05, 3.63) is 35.0 Å².